The zero-order valence-corrected chi connectivity index (χ0v) is 24.4. The molecule has 13 nitrogen and oxygen atoms in total. The minimum Gasteiger partial charge on any atom is -0.484 e. The molecule has 13 heteroatoms. The van der Waals surface area contributed by atoms with Gasteiger partial charge in [0.2, 0.25) is 0 Å². The van der Waals surface area contributed by atoms with Gasteiger partial charge in [0.1, 0.15) is 66.0 Å². The van der Waals surface area contributed by atoms with Crippen molar-refractivity contribution in [2.24, 2.45) is 4.99 Å². The van der Waals surface area contributed by atoms with E-state index in [4.69, 9.17) is 18.9 Å². The molecule has 0 fully saturated rings. The SMILES string of the molecule is CNCCC1(C)Oc2cc3oc(C)cc(=O)c3cc2CC1OOCC(O)C(O)(C[NH+]1C=CC2=NC=CC21)C(O)C(O)CO. The van der Waals surface area contributed by atoms with Gasteiger partial charge in [-0.15, -0.1) is 0 Å². The van der Waals surface area contributed by atoms with Gasteiger partial charge in [-0.25, -0.2) is 9.78 Å². The number of aliphatic hydroxyl groups is 5. The van der Waals surface area contributed by atoms with Crippen molar-refractivity contribution in [2.45, 2.75) is 68.3 Å². The fraction of sp³-hybridized carbons (Fsp3) is 0.533. The highest BCUT2D eigenvalue weighted by Crippen LogP contribution is 2.39. The Labute approximate surface area is 248 Å². The van der Waals surface area contributed by atoms with Crippen molar-refractivity contribution < 1.29 is 49.4 Å². The van der Waals surface area contributed by atoms with Gasteiger partial charge in [-0.3, -0.25) is 14.7 Å². The molecule has 8 unspecified atom stereocenters. The van der Waals surface area contributed by atoms with Crippen LogP contribution in [0.5, 0.6) is 5.75 Å². The lowest BCUT2D eigenvalue weighted by atomic mass is 9.86. The Bertz CT molecular complexity index is 1470. The third kappa shape index (κ3) is 6.18. The quantitative estimate of drug-likeness (QED) is 0.102. The topological polar surface area (TPSA) is 188 Å². The Hall–Kier alpha value is -2.98. The van der Waals surface area contributed by atoms with E-state index in [0.29, 0.717) is 52.3 Å². The zero-order valence-electron chi connectivity index (χ0n) is 24.4. The number of benzene rings is 1. The number of nitrogens with one attached hydrogen (secondary N) is 2. The number of aryl methyl sites for hydroxylation is 1. The lowest BCUT2D eigenvalue weighted by Crippen LogP contribution is -3.13. The minimum absolute atomic E-state index is 0.175. The van der Waals surface area contributed by atoms with Gasteiger partial charge in [-0.2, -0.15) is 0 Å². The molecule has 1 aromatic carbocycles. The lowest BCUT2D eigenvalue weighted by Gasteiger charge is -2.42. The number of rotatable bonds is 13. The standard InChI is InChI=1S/C30H39N3O10/c1-17-10-22(35)19-11-18-12-27(29(2,6-8-31-3)42-24(18)13-25(19)41-17)43-40-15-26(37)30(39,28(38)23(36)14-34)16-33-9-5-20-21(33)4-7-32-20/h4-5,7,9-11,13,21,23,26-28,31,34,36-39H,6,8,12,14-16H2,1-3H3/p+1. The van der Waals surface area contributed by atoms with Crippen LogP contribution in [0.1, 0.15) is 24.7 Å². The first kappa shape index (κ1) is 31.4. The maximum atomic E-state index is 12.6. The molecule has 43 heavy (non-hydrogen) atoms. The number of ether oxygens (including phenoxy) is 1. The molecule has 7 N–H and O–H groups in total. The van der Waals surface area contributed by atoms with Gasteiger partial charge < -0.3 is 40.0 Å². The molecule has 0 radical (unpaired) electrons. The summed E-state index contributed by atoms with van der Waals surface area (Å²) in [5.41, 5.74) is -1.47. The summed E-state index contributed by atoms with van der Waals surface area (Å²) in [6.07, 6.45) is 1.78. The van der Waals surface area contributed by atoms with Crippen molar-refractivity contribution in [2.75, 3.05) is 33.4 Å². The van der Waals surface area contributed by atoms with Crippen LogP contribution in [0.3, 0.4) is 0 Å². The smallest absolute Gasteiger partial charge is 0.192 e. The number of nitrogens with zero attached hydrogens (tertiary/aromatic N) is 1. The van der Waals surface area contributed by atoms with Crippen LogP contribution in [-0.4, -0.2) is 106 Å². The fourth-order valence-electron chi connectivity index (χ4n) is 5.89. The van der Waals surface area contributed by atoms with Crippen LogP contribution in [0, 0.1) is 6.92 Å². The van der Waals surface area contributed by atoms with Crippen molar-refractivity contribution in [3.8, 4) is 5.75 Å². The Kier molecular flexibility index (Phi) is 9.18. The molecule has 2 aromatic rings. The van der Waals surface area contributed by atoms with Crippen LogP contribution < -0.4 is 20.4 Å². The molecule has 3 aliphatic rings. The molecule has 0 saturated carbocycles. The molecule has 0 amide bonds. The van der Waals surface area contributed by atoms with Gasteiger partial charge in [-0.1, -0.05) is 0 Å². The van der Waals surface area contributed by atoms with Crippen molar-refractivity contribution >= 4 is 16.7 Å². The molecule has 0 spiro atoms. The largest absolute Gasteiger partial charge is 0.484 e. The Morgan fingerprint density at radius 1 is 1.28 bits per heavy atom. The van der Waals surface area contributed by atoms with E-state index >= 15 is 0 Å². The van der Waals surface area contributed by atoms with Gasteiger partial charge >= 0.3 is 0 Å². The predicted octanol–water partition coefficient (Wildman–Crippen LogP) is -1.72. The number of aliphatic imine (C=N–C) groups is 1. The molecule has 0 aliphatic carbocycles. The van der Waals surface area contributed by atoms with E-state index < -0.39 is 48.8 Å². The van der Waals surface area contributed by atoms with Gasteiger partial charge in [-0.05, 0) is 45.1 Å². The van der Waals surface area contributed by atoms with E-state index in [1.165, 1.54) is 6.07 Å². The summed E-state index contributed by atoms with van der Waals surface area (Å²) < 4.78 is 12.2. The second-order valence-electron chi connectivity index (χ2n) is 11.7. The van der Waals surface area contributed by atoms with E-state index in [9.17, 15) is 30.3 Å². The van der Waals surface area contributed by atoms with E-state index in [1.807, 2.05) is 20.0 Å². The molecule has 3 aliphatic heterocycles. The van der Waals surface area contributed by atoms with Crippen LogP contribution in [0.4, 0.5) is 0 Å². The summed E-state index contributed by atoms with van der Waals surface area (Å²) in [7, 11) is 1.81. The fourth-order valence-corrected chi connectivity index (χ4v) is 5.89. The number of hydrogen-bond donors (Lipinski definition) is 7. The normalized spacial score (nSPS) is 27.7. The number of hydrogen-bond acceptors (Lipinski definition) is 12. The Morgan fingerprint density at radius 2 is 2.07 bits per heavy atom. The summed E-state index contributed by atoms with van der Waals surface area (Å²) in [4.78, 5) is 28.8. The molecule has 8 atom stereocenters. The lowest BCUT2D eigenvalue weighted by molar-refractivity contribution is -0.861. The third-order valence-corrected chi connectivity index (χ3v) is 8.56. The number of quaternary nitrogens is 1. The highest BCUT2D eigenvalue weighted by atomic mass is 17.2. The molecule has 0 saturated heterocycles. The first-order chi connectivity index (χ1) is 20.5. The summed E-state index contributed by atoms with van der Waals surface area (Å²) in [6, 6.07) is 4.62. The van der Waals surface area contributed by atoms with Crippen LogP contribution >= 0.6 is 0 Å². The van der Waals surface area contributed by atoms with Crippen LogP contribution in [0.25, 0.3) is 11.0 Å². The maximum absolute atomic E-state index is 12.6. The zero-order chi connectivity index (χ0) is 30.9. The number of fused-ring (bicyclic) bond motifs is 3. The van der Waals surface area contributed by atoms with Crippen molar-refractivity contribution in [3.63, 3.8) is 0 Å². The molecule has 1 aromatic heterocycles. The molecular weight excluding hydrogens is 562 g/mol. The van der Waals surface area contributed by atoms with Crippen LogP contribution in [0.2, 0.25) is 0 Å². The van der Waals surface area contributed by atoms with Crippen molar-refractivity contribution in [3.05, 3.63) is 64.3 Å². The molecule has 4 heterocycles. The highest BCUT2D eigenvalue weighted by Gasteiger charge is 2.51. The Balaban J connectivity index is 1.33. The second-order valence-corrected chi connectivity index (χ2v) is 11.7. The van der Waals surface area contributed by atoms with Crippen molar-refractivity contribution in [1.82, 2.24) is 5.32 Å². The average Bonchev–Trinajstić information content (AvgIpc) is 3.60. The Morgan fingerprint density at radius 3 is 2.81 bits per heavy atom. The van der Waals surface area contributed by atoms with E-state index in [-0.39, 0.29) is 18.0 Å². The first-order valence-electron chi connectivity index (χ1n) is 14.3. The summed E-state index contributed by atoms with van der Waals surface area (Å²) in [5.74, 6) is 1.05. The van der Waals surface area contributed by atoms with Crippen LogP contribution in [-0.2, 0) is 16.2 Å². The average molecular weight is 603 g/mol. The van der Waals surface area contributed by atoms with E-state index in [1.54, 1.807) is 37.5 Å². The third-order valence-electron chi connectivity index (χ3n) is 8.56. The van der Waals surface area contributed by atoms with Gasteiger partial charge in [0.05, 0.1) is 18.2 Å². The second kappa shape index (κ2) is 12.6. The van der Waals surface area contributed by atoms with E-state index in [0.717, 1.165) is 5.71 Å². The minimum atomic E-state index is -2.30. The molecular formula is C30H40N3O10+. The summed E-state index contributed by atoms with van der Waals surface area (Å²) >= 11 is 0. The first-order valence-corrected chi connectivity index (χ1v) is 14.3. The maximum Gasteiger partial charge on any atom is 0.192 e. The molecule has 234 valence electrons. The summed E-state index contributed by atoms with van der Waals surface area (Å²) in [6.45, 7) is 2.53. The van der Waals surface area contributed by atoms with Gasteiger partial charge in [0, 0.05) is 37.3 Å². The van der Waals surface area contributed by atoms with Gasteiger partial charge in [0.15, 0.2) is 17.1 Å². The monoisotopic (exact) mass is 602 g/mol. The van der Waals surface area contributed by atoms with Crippen molar-refractivity contribution in [1.29, 1.82) is 0 Å². The summed E-state index contributed by atoms with van der Waals surface area (Å²) in [5, 5.41) is 56.7. The molecule has 0 bridgehead atoms. The van der Waals surface area contributed by atoms with E-state index in [2.05, 4.69) is 10.3 Å². The number of aliphatic hydroxyl groups excluding tert-OH is 4. The highest BCUT2D eigenvalue weighted by molar-refractivity contribution is 6.02. The van der Waals surface area contributed by atoms with Gasteiger partial charge in [0.25, 0.3) is 0 Å². The molecule has 5 rings (SSSR count). The predicted molar refractivity (Wildman–Crippen MR) is 155 cm³/mol. The van der Waals surface area contributed by atoms with Crippen LogP contribution in [0.15, 0.2) is 57.0 Å².